The Kier molecular flexibility index (Phi) is 4.01. The molecule has 3 rings (SSSR count). The van der Waals surface area contributed by atoms with Crippen molar-refractivity contribution < 1.29 is 0 Å². The van der Waals surface area contributed by atoms with E-state index in [2.05, 4.69) is 22.1 Å². The molecule has 1 aromatic heterocycles. The molecule has 0 unspecified atom stereocenters. The SMILES string of the molecule is Nc1nc(N)c(-c2ccccc2)c(CCc2ccccc2)n1. The smallest absolute Gasteiger partial charge is 0.222 e. The summed E-state index contributed by atoms with van der Waals surface area (Å²) < 4.78 is 0. The minimum absolute atomic E-state index is 0.222. The van der Waals surface area contributed by atoms with Gasteiger partial charge in [0.25, 0.3) is 0 Å². The number of nitrogens with zero attached hydrogens (tertiary/aromatic N) is 2. The number of aromatic nitrogens is 2. The molecule has 0 saturated heterocycles. The minimum atomic E-state index is 0.222. The Labute approximate surface area is 129 Å². The molecule has 0 aliphatic carbocycles. The van der Waals surface area contributed by atoms with Crippen molar-refractivity contribution in [2.75, 3.05) is 11.5 Å². The predicted octanol–water partition coefficient (Wildman–Crippen LogP) is 3.09. The van der Waals surface area contributed by atoms with Crippen LogP contribution in [-0.2, 0) is 12.8 Å². The summed E-state index contributed by atoms with van der Waals surface area (Å²) >= 11 is 0. The standard InChI is InChI=1S/C18H18N4/c19-17-16(14-9-5-2-6-10-14)15(21-18(20)22-17)12-11-13-7-3-1-4-8-13/h1-10H,11-12H2,(H4,19,20,21,22). The van der Waals surface area contributed by atoms with Crippen LogP contribution in [0.15, 0.2) is 60.7 Å². The number of hydrogen-bond donors (Lipinski definition) is 2. The topological polar surface area (TPSA) is 77.8 Å². The van der Waals surface area contributed by atoms with Gasteiger partial charge in [-0.15, -0.1) is 0 Å². The lowest BCUT2D eigenvalue weighted by Gasteiger charge is -2.12. The van der Waals surface area contributed by atoms with E-state index in [4.69, 9.17) is 11.5 Å². The minimum Gasteiger partial charge on any atom is -0.383 e. The van der Waals surface area contributed by atoms with E-state index in [0.29, 0.717) is 5.82 Å². The third kappa shape index (κ3) is 3.06. The van der Waals surface area contributed by atoms with E-state index in [9.17, 15) is 0 Å². The van der Waals surface area contributed by atoms with Crippen molar-refractivity contribution in [3.8, 4) is 11.1 Å². The molecule has 0 atom stereocenters. The van der Waals surface area contributed by atoms with Gasteiger partial charge in [0.2, 0.25) is 5.95 Å². The molecule has 0 aliphatic heterocycles. The van der Waals surface area contributed by atoms with Crippen LogP contribution in [0.5, 0.6) is 0 Å². The van der Waals surface area contributed by atoms with Crippen LogP contribution in [0.4, 0.5) is 11.8 Å². The first kappa shape index (κ1) is 14.1. The second kappa shape index (κ2) is 6.26. The zero-order valence-electron chi connectivity index (χ0n) is 12.2. The van der Waals surface area contributed by atoms with Gasteiger partial charge < -0.3 is 11.5 Å². The van der Waals surface area contributed by atoms with Crippen LogP contribution in [0.3, 0.4) is 0 Å². The summed E-state index contributed by atoms with van der Waals surface area (Å²) in [7, 11) is 0. The molecule has 22 heavy (non-hydrogen) atoms. The lowest BCUT2D eigenvalue weighted by Crippen LogP contribution is -2.07. The largest absolute Gasteiger partial charge is 0.383 e. The zero-order chi connectivity index (χ0) is 15.4. The molecule has 4 heteroatoms. The summed E-state index contributed by atoms with van der Waals surface area (Å²) in [4.78, 5) is 8.52. The van der Waals surface area contributed by atoms with Gasteiger partial charge in [-0.2, -0.15) is 4.98 Å². The second-order valence-corrected chi connectivity index (χ2v) is 5.14. The summed E-state index contributed by atoms with van der Waals surface area (Å²) in [5.41, 5.74) is 15.9. The lowest BCUT2D eigenvalue weighted by molar-refractivity contribution is 0.910. The molecule has 0 aliphatic rings. The van der Waals surface area contributed by atoms with Crippen molar-refractivity contribution in [3.05, 3.63) is 71.9 Å². The first-order valence-electron chi connectivity index (χ1n) is 7.25. The molecular formula is C18H18N4. The normalized spacial score (nSPS) is 10.5. The zero-order valence-corrected chi connectivity index (χ0v) is 12.2. The maximum absolute atomic E-state index is 6.09. The van der Waals surface area contributed by atoms with Crippen LogP contribution in [0.1, 0.15) is 11.3 Å². The second-order valence-electron chi connectivity index (χ2n) is 5.14. The van der Waals surface area contributed by atoms with Crippen molar-refractivity contribution >= 4 is 11.8 Å². The Morgan fingerprint density at radius 2 is 1.36 bits per heavy atom. The van der Waals surface area contributed by atoms with Crippen LogP contribution < -0.4 is 11.5 Å². The Hall–Kier alpha value is -2.88. The average molecular weight is 290 g/mol. The van der Waals surface area contributed by atoms with E-state index in [-0.39, 0.29) is 5.95 Å². The van der Waals surface area contributed by atoms with Gasteiger partial charge in [0.15, 0.2) is 0 Å². The van der Waals surface area contributed by atoms with Gasteiger partial charge in [-0.3, -0.25) is 0 Å². The van der Waals surface area contributed by atoms with Gasteiger partial charge >= 0.3 is 0 Å². The van der Waals surface area contributed by atoms with Crippen LogP contribution >= 0.6 is 0 Å². The quantitative estimate of drug-likeness (QED) is 0.774. The van der Waals surface area contributed by atoms with Crippen LogP contribution in [0.25, 0.3) is 11.1 Å². The number of anilines is 2. The van der Waals surface area contributed by atoms with Gasteiger partial charge in [-0.05, 0) is 24.0 Å². The van der Waals surface area contributed by atoms with E-state index < -0.39 is 0 Å². The first-order chi connectivity index (χ1) is 10.7. The first-order valence-corrected chi connectivity index (χ1v) is 7.25. The van der Waals surface area contributed by atoms with Crippen molar-refractivity contribution in [3.63, 3.8) is 0 Å². The van der Waals surface area contributed by atoms with E-state index in [0.717, 1.165) is 29.7 Å². The van der Waals surface area contributed by atoms with E-state index in [1.165, 1.54) is 5.56 Å². The highest BCUT2D eigenvalue weighted by Gasteiger charge is 2.13. The van der Waals surface area contributed by atoms with Crippen molar-refractivity contribution in [2.24, 2.45) is 0 Å². The van der Waals surface area contributed by atoms with Crippen molar-refractivity contribution in [1.82, 2.24) is 9.97 Å². The van der Waals surface area contributed by atoms with Gasteiger partial charge in [-0.25, -0.2) is 4.98 Å². The third-order valence-corrected chi connectivity index (χ3v) is 3.58. The molecule has 0 spiro atoms. The van der Waals surface area contributed by atoms with Crippen LogP contribution in [-0.4, -0.2) is 9.97 Å². The number of rotatable bonds is 4. The van der Waals surface area contributed by atoms with Crippen molar-refractivity contribution in [2.45, 2.75) is 12.8 Å². The number of aryl methyl sites for hydroxylation is 2. The van der Waals surface area contributed by atoms with Crippen LogP contribution in [0.2, 0.25) is 0 Å². The summed E-state index contributed by atoms with van der Waals surface area (Å²) in [6.45, 7) is 0. The summed E-state index contributed by atoms with van der Waals surface area (Å²) in [5.74, 6) is 0.655. The van der Waals surface area contributed by atoms with Gasteiger partial charge in [0.05, 0.1) is 5.69 Å². The highest BCUT2D eigenvalue weighted by atomic mass is 15.0. The molecule has 0 fully saturated rings. The van der Waals surface area contributed by atoms with E-state index in [1.54, 1.807) is 0 Å². The molecule has 110 valence electrons. The molecule has 4 nitrogen and oxygen atoms in total. The molecule has 0 bridgehead atoms. The molecule has 4 N–H and O–H groups in total. The van der Waals surface area contributed by atoms with Crippen molar-refractivity contribution in [1.29, 1.82) is 0 Å². The Morgan fingerprint density at radius 1 is 0.727 bits per heavy atom. The fraction of sp³-hybridized carbons (Fsp3) is 0.111. The molecule has 2 aromatic carbocycles. The fourth-order valence-electron chi connectivity index (χ4n) is 2.55. The summed E-state index contributed by atoms with van der Waals surface area (Å²) in [5, 5.41) is 0. The van der Waals surface area contributed by atoms with E-state index in [1.807, 2.05) is 48.5 Å². The van der Waals surface area contributed by atoms with Gasteiger partial charge in [-0.1, -0.05) is 60.7 Å². The lowest BCUT2D eigenvalue weighted by atomic mass is 10.00. The Morgan fingerprint density at radius 3 is 2.05 bits per heavy atom. The molecular weight excluding hydrogens is 272 g/mol. The molecule has 1 heterocycles. The molecule has 0 amide bonds. The maximum Gasteiger partial charge on any atom is 0.222 e. The van der Waals surface area contributed by atoms with Crippen LogP contribution in [0, 0.1) is 0 Å². The highest BCUT2D eigenvalue weighted by Crippen LogP contribution is 2.28. The third-order valence-electron chi connectivity index (χ3n) is 3.58. The number of nitrogen functional groups attached to an aromatic ring is 2. The van der Waals surface area contributed by atoms with E-state index >= 15 is 0 Å². The average Bonchev–Trinajstić information content (AvgIpc) is 2.54. The fourth-order valence-corrected chi connectivity index (χ4v) is 2.55. The summed E-state index contributed by atoms with van der Waals surface area (Å²) in [6.07, 6.45) is 1.65. The number of benzene rings is 2. The van der Waals surface area contributed by atoms with Gasteiger partial charge in [0.1, 0.15) is 5.82 Å². The molecule has 0 radical (unpaired) electrons. The Balaban J connectivity index is 1.96. The highest BCUT2D eigenvalue weighted by molar-refractivity contribution is 5.76. The molecule has 3 aromatic rings. The van der Waals surface area contributed by atoms with Gasteiger partial charge in [0, 0.05) is 5.56 Å². The predicted molar refractivity (Wildman–Crippen MR) is 90.1 cm³/mol. The number of nitrogens with two attached hydrogens (primary N) is 2. The maximum atomic E-state index is 6.09. The monoisotopic (exact) mass is 290 g/mol. The number of hydrogen-bond acceptors (Lipinski definition) is 4. The Bertz CT molecular complexity index is 755. The molecule has 0 saturated carbocycles. The summed E-state index contributed by atoms with van der Waals surface area (Å²) in [6, 6.07) is 20.3.